The van der Waals surface area contributed by atoms with Gasteiger partial charge in [-0.3, -0.25) is 10.1 Å². The van der Waals surface area contributed by atoms with Gasteiger partial charge in [0.25, 0.3) is 5.69 Å². The number of nitrogens with one attached hydrogen (secondary N) is 1. The molecule has 1 aromatic heterocycles. The fourth-order valence-electron chi connectivity index (χ4n) is 3.54. The molecular weight excluding hydrogens is 406 g/mol. The zero-order valence-electron chi connectivity index (χ0n) is 16.1. The molecule has 0 radical (unpaired) electrons. The average Bonchev–Trinajstić information content (AvgIpc) is 3.46. The summed E-state index contributed by atoms with van der Waals surface area (Å²) in [5, 5.41) is 18.6. The van der Waals surface area contributed by atoms with Crippen molar-refractivity contribution in [3.63, 3.8) is 0 Å². The van der Waals surface area contributed by atoms with E-state index in [2.05, 4.69) is 10.4 Å². The number of benzene rings is 2. The summed E-state index contributed by atoms with van der Waals surface area (Å²) in [7, 11) is -3.83. The third-order valence-electron chi connectivity index (χ3n) is 5.07. The van der Waals surface area contributed by atoms with Gasteiger partial charge in [0.1, 0.15) is 4.90 Å². The molecule has 0 unspecified atom stereocenters. The fourth-order valence-corrected chi connectivity index (χ4v) is 5.24. The number of sulfonamides is 1. The van der Waals surface area contributed by atoms with E-state index in [1.807, 2.05) is 36.5 Å². The lowest BCUT2D eigenvalue weighted by atomic mass is 10.1. The highest BCUT2D eigenvalue weighted by Gasteiger charge is 2.31. The Labute approximate surface area is 174 Å². The lowest BCUT2D eigenvalue weighted by molar-refractivity contribution is -0.385. The molecule has 1 aliphatic heterocycles. The maximum absolute atomic E-state index is 13.1. The molecule has 0 spiro atoms. The van der Waals surface area contributed by atoms with Crippen LogP contribution in [0.1, 0.15) is 18.4 Å². The smallest absolute Gasteiger partial charge is 0.270 e. The van der Waals surface area contributed by atoms with E-state index < -0.39 is 14.9 Å². The Hall–Kier alpha value is -3.24. The Balaban J connectivity index is 1.68. The Morgan fingerprint density at radius 2 is 1.87 bits per heavy atom. The summed E-state index contributed by atoms with van der Waals surface area (Å²) in [4.78, 5) is 10.6. The molecule has 2 heterocycles. The molecule has 1 saturated heterocycles. The number of hydrogen-bond acceptors (Lipinski definition) is 6. The van der Waals surface area contributed by atoms with Gasteiger partial charge in [-0.15, -0.1) is 0 Å². The van der Waals surface area contributed by atoms with Gasteiger partial charge in [0.15, 0.2) is 0 Å². The number of anilines is 1. The number of nitrogens with zero attached hydrogens (tertiary/aromatic N) is 4. The van der Waals surface area contributed by atoms with Crippen LogP contribution in [0.3, 0.4) is 0 Å². The largest absolute Gasteiger partial charge is 0.380 e. The third-order valence-corrected chi connectivity index (χ3v) is 7.01. The van der Waals surface area contributed by atoms with Crippen molar-refractivity contribution < 1.29 is 13.3 Å². The highest BCUT2D eigenvalue weighted by Crippen LogP contribution is 2.31. The van der Waals surface area contributed by atoms with Crippen LogP contribution >= 0.6 is 0 Å². The van der Waals surface area contributed by atoms with Crippen LogP contribution < -0.4 is 5.32 Å². The monoisotopic (exact) mass is 427 g/mol. The molecule has 10 heteroatoms. The summed E-state index contributed by atoms with van der Waals surface area (Å²) in [6.45, 7) is 1.18. The van der Waals surface area contributed by atoms with Crippen LogP contribution in [0.2, 0.25) is 0 Å². The minimum Gasteiger partial charge on any atom is -0.380 e. The summed E-state index contributed by atoms with van der Waals surface area (Å²) in [6, 6.07) is 13.3. The molecule has 0 saturated carbocycles. The van der Waals surface area contributed by atoms with Crippen molar-refractivity contribution >= 4 is 21.4 Å². The van der Waals surface area contributed by atoms with Crippen molar-refractivity contribution in [2.45, 2.75) is 24.3 Å². The van der Waals surface area contributed by atoms with Gasteiger partial charge in [-0.1, -0.05) is 18.2 Å². The number of nitro groups is 1. The molecule has 1 aliphatic rings. The van der Waals surface area contributed by atoms with Gasteiger partial charge in [-0.2, -0.15) is 9.40 Å². The van der Waals surface area contributed by atoms with Crippen molar-refractivity contribution in [3.8, 4) is 5.69 Å². The Morgan fingerprint density at radius 3 is 2.57 bits per heavy atom. The summed E-state index contributed by atoms with van der Waals surface area (Å²) in [5.41, 5.74) is 1.85. The molecule has 0 atom stereocenters. The van der Waals surface area contributed by atoms with Gasteiger partial charge in [0.2, 0.25) is 10.0 Å². The van der Waals surface area contributed by atoms with Crippen molar-refractivity contribution in [2.75, 3.05) is 18.4 Å². The highest BCUT2D eigenvalue weighted by molar-refractivity contribution is 7.89. The zero-order chi connectivity index (χ0) is 21.1. The van der Waals surface area contributed by atoms with E-state index in [0.717, 1.165) is 30.2 Å². The Kier molecular flexibility index (Phi) is 5.51. The predicted octanol–water partition coefficient (Wildman–Crippen LogP) is 3.18. The van der Waals surface area contributed by atoms with Gasteiger partial charge < -0.3 is 5.32 Å². The second kappa shape index (κ2) is 8.25. The number of para-hydroxylation sites is 1. The van der Waals surface area contributed by atoms with Crippen LogP contribution in [0.25, 0.3) is 5.69 Å². The number of hydrogen-bond donors (Lipinski definition) is 1. The molecule has 156 valence electrons. The lowest BCUT2D eigenvalue weighted by Gasteiger charge is -2.19. The van der Waals surface area contributed by atoms with Crippen molar-refractivity contribution in [2.24, 2.45) is 0 Å². The average molecular weight is 427 g/mol. The third kappa shape index (κ3) is 3.91. The lowest BCUT2D eigenvalue weighted by Crippen LogP contribution is -2.28. The highest BCUT2D eigenvalue weighted by atomic mass is 32.2. The molecule has 0 aliphatic carbocycles. The van der Waals surface area contributed by atoms with Crippen LogP contribution in [0.5, 0.6) is 0 Å². The first-order valence-corrected chi connectivity index (χ1v) is 11.0. The second-order valence-corrected chi connectivity index (χ2v) is 8.89. The molecule has 30 heavy (non-hydrogen) atoms. The quantitative estimate of drug-likeness (QED) is 0.458. The molecule has 4 rings (SSSR count). The van der Waals surface area contributed by atoms with Gasteiger partial charge >= 0.3 is 0 Å². The minimum atomic E-state index is -3.83. The van der Waals surface area contributed by atoms with Gasteiger partial charge in [0, 0.05) is 44.2 Å². The number of rotatable bonds is 7. The molecule has 1 fully saturated rings. The van der Waals surface area contributed by atoms with Crippen LogP contribution in [-0.2, 0) is 16.6 Å². The normalized spacial score (nSPS) is 14.7. The summed E-state index contributed by atoms with van der Waals surface area (Å²) in [5.74, 6) is 0. The number of non-ortho nitro benzene ring substituents is 1. The summed E-state index contributed by atoms with van der Waals surface area (Å²) >= 11 is 0. The van der Waals surface area contributed by atoms with Gasteiger partial charge in [-0.05, 0) is 36.6 Å². The molecule has 0 amide bonds. The maximum atomic E-state index is 13.1. The number of nitro benzene ring substituents is 1. The van der Waals surface area contributed by atoms with E-state index in [4.69, 9.17) is 0 Å². The Morgan fingerprint density at radius 1 is 1.10 bits per heavy atom. The van der Waals surface area contributed by atoms with Crippen LogP contribution in [0.4, 0.5) is 11.4 Å². The topological polar surface area (TPSA) is 110 Å². The molecule has 3 aromatic rings. The van der Waals surface area contributed by atoms with Crippen LogP contribution in [0, 0.1) is 10.1 Å². The molecular formula is C20H21N5O4S. The van der Waals surface area contributed by atoms with E-state index in [1.165, 1.54) is 16.4 Å². The van der Waals surface area contributed by atoms with Crippen molar-refractivity contribution in [1.82, 2.24) is 14.1 Å². The Bertz CT molecular complexity index is 1160. The first kappa shape index (κ1) is 20.0. The van der Waals surface area contributed by atoms with E-state index in [0.29, 0.717) is 25.3 Å². The molecule has 0 bridgehead atoms. The van der Waals surface area contributed by atoms with E-state index in [9.17, 15) is 18.5 Å². The van der Waals surface area contributed by atoms with Crippen molar-refractivity contribution in [3.05, 3.63) is 76.6 Å². The van der Waals surface area contributed by atoms with E-state index in [-0.39, 0.29) is 10.6 Å². The fraction of sp³-hybridized carbons (Fsp3) is 0.250. The number of aromatic nitrogens is 2. The predicted molar refractivity (Wildman–Crippen MR) is 112 cm³/mol. The second-order valence-electron chi connectivity index (χ2n) is 6.98. The van der Waals surface area contributed by atoms with Crippen molar-refractivity contribution in [1.29, 1.82) is 0 Å². The van der Waals surface area contributed by atoms with Gasteiger partial charge in [-0.25, -0.2) is 13.1 Å². The zero-order valence-corrected chi connectivity index (χ0v) is 17.0. The maximum Gasteiger partial charge on any atom is 0.270 e. The summed E-state index contributed by atoms with van der Waals surface area (Å²) in [6.07, 6.45) is 5.08. The first-order valence-electron chi connectivity index (χ1n) is 9.57. The summed E-state index contributed by atoms with van der Waals surface area (Å²) < 4.78 is 29.4. The minimum absolute atomic E-state index is 0.0739. The SMILES string of the molecule is O=[N+]([O-])c1ccc(NCc2ccccc2-n2cccn2)c(S(=O)(=O)N2CCCC2)c1. The van der Waals surface area contributed by atoms with Crippen LogP contribution in [0.15, 0.2) is 65.8 Å². The first-order chi connectivity index (χ1) is 14.5. The van der Waals surface area contributed by atoms with Gasteiger partial charge in [0.05, 0.1) is 16.3 Å². The standard InChI is InChI=1S/C20H21N5O4S/c26-25(27)17-8-9-18(20(14-17)30(28,29)23-11-3-4-12-23)21-15-16-6-1-2-7-19(16)24-13-5-10-22-24/h1-2,5-10,13-14,21H,3-4,11-12,15H2. The molecule has 2 aromatic carbocycles. The van der Waals surface area contributed by atoms with E-state index in [1.54, 1.807) is 10.9 Å². The van der Waals surface area contributed by atoms with Crippen LogP contribution in [-0.4, -0.2) is 40.5 Å². The molecule has 9 nitrogen and oxygen atoms in total. The molecule has 1 N–H and O–H groups in total. The van der Waals surface area contributed by atoms with E-state index >= 15 is 0 Å².